The number of hydrogen-bond donors (Lipinski definition) is 0. The summed E-state index contributed by atoms with van der Waals surface area (Å²) in [6.45, 7) is 5.25. The summed E-state index contributed by atoms with van der Waals surface area (Å²) in [5, 5.41) is 0. The van der Waals surface area contributed by atoms with Gasteiger partial charge in [-0.1, -0.05) is 44.9 Å². The van der Waals surface area contributed by atoms with Gasteiger partial charge < -0.3 is 4.90 Å². The minimum absolute atomic E-state index is 0.162. The highest BCUT2D eigenvalue weighted by Crippen LogP contribution is 2.30. The Kier molecular flexibility index (Phi) is 4.78. The molecule has 2 nitrogen and oxygen atoms in total. The average molecular weight is 257 g/mol. The Morgan fingerprint density at radius 1 is 1.11 bits per heavy atom. The van der Waals surface area contributed by atoms with Crippen LogP contribution in [0.2, 0.25) is 0 Å². The monoisotopic (exact) mass is 257 g/mol. The highest BCUT2D eigenvalue weighted by molar-refractivity contribution is 5.95. The Morgan fingerprint density at radius 3 is 2.42 bits per heavy atom. The molecule has 0 spiro atoms. The van der Waals surface area contributed by atoms with Crippen molar-refractivity contribution in [1.82, 2.24) is 4.90 Å². The number of nitrogens with zero attached hydrogens (tertiary/aromatic N) is 1. The summed E-state index contributed by atoms with van der Waals surface area (Å²) in [6.07, 6.45) is 5.47. The molecule has 0 radical (unpaired) electrons. The first-order chi connectivity index (χ1) is 9.27. The minimum Gasteiger partial charge on any atom is -0.312 e. The van der Waals surface area contributed by atoms with E-state index in [1.807, 2.05) is 35.2 Å². The predicted octanol–water partition coefficient (Wildman–Crippen LogP) is 4.39. The van der Waals surface area contributed by atoms with Crippen LogP contribution < -0.4 is 0 Å². The first-order valence-corrected chi connectivity index (χ1v) is 7.35. The van der Waals surface area contributed by atoms with Gasteiger partial charge in [0.25, 0.3) is 5.91 Å². The van der Waals surface area contributed by atoms with Crippen molar-refractivity contribution in [2.24, 2.45) is 0 Å². The number of hydrogen-bond acceptors (Lipinski definition) is 1. The normalized spacial score (nSPS) is 15.2. The van der Waals surface area contributed by atoms with Crippen LogP contribution >= 0.6 is 0 Å². The van der Waals surface area contributed by atoms with Gasteiger partial charge in [0.1, 0.15) is 0 Å². The van der Waals surface area contributed by atoms with E-state index in [2.05, 4.69) is 13.8 Å². The number of carbonyl (C=O) groups is 1. The average Bonchev–Trinajstić information content (AvgIpc) is 2.83. The van der Waals surface area contributed by atoms with Crippen molar-refractivity contribution in [3.63, 3.8) is 0 Å². The molecule has 1 amide bonds. The number of carbonyl (C=O) groups excluding carboxylic acids is 1. The Balaban J connectivity index is 2.22. The fourth-order valence-electron chi connectivity index (χ4n) is 2.80. The lowest BCUT2D eigenvalue weighted by Gasteiger charge is -2.21. The summed E-state index contributed by atoms with van der Waals surface area (Å²) in [5.41, 5.74) is 3.58. The quantitative estimate of drug-likeness (QED) is 0.766. The van der Waals surface area contributed by atoms with Gasteiger partial charge in [-0.15, -0.1) is 0 Å². The van der Waals surface area contributed by atoms with Crippen molar-refractivity contribution in [3.05, 3.63) is 47.2 Å². The zero-order valence-corrected chi connectivity index (χ0v) is 12.0. The molecule has 0 aliphatic carbocycles. The van der Waals surface area contributed by atoms with Crippen LogP contribution in [0.1, 0.15) is 56.3 Å². The summed E-state index contributed by atoms with van der Waals surface area (Å²) in [5.74, 6) is 0.162. The zero-order chi connectivity index (χ0) is 13.7. The molecular formula is C17H23NO. The minimum atomic E-state index is 0.162. The van der Waals surface area contributed by atoms with Gasteiger partial charge in [0, 0.05) is 17.8 Å². The lowest BCUT2D eigenvalue weighted by molar-refractivity contribution is 0.0814. The van der Waals surface area contributed by atoms with Crippen LogP contribution in [0, 0.1) is 0 Å². The SMILES string of the molecule is CCCC1=C(CCC)N(C(=O)c2ccccc2)CC1. The van der Waals surface area contributed by atoms with Crippen molar-refractivity contribution < 1.29 is 4.79 Å². The number of rotatable bonds is 5. The number of allylic oxidation sites excluding steroid dienone is 1. The molecule has 19 heavy (non-hydrogen) atoms. The Bertz CT molecular complexity index is 461. The topological polar surface area (TPSA) is 20.3 Å². The molecule has 1 aliphatic rings. The molecule has 1 heterocycles. The van der Waals surface area contributed by atoms with Crippen molar-refractivity contribution in [2.75, 3.05) is 6.54 Å². The Morgan fingerprint density at radius 2 is 1.79 bits per heavy atom. The van der Waals surface area contributed by atoms with Crippen LogP contribution in [-0.2, 0) is 0 Å². The van der Waals surface area contributed by atoms with E-state index in [0.29, 0.717) is 0 Å². The lowest BCUT2D eigenvalue weighted by Crippen LogP contribution is -2.27. The molecule has 0 bridgehead atoms. The van der Waals surface area contributed by atoms with E-state index in [0.717, 1.165) is 44.2 Å². The van der Waals surface area contributed by atoms with Gasteiger partial charge in [-0.05, 0) is 37.0 Å². The van der Waals surface area contributed by atoms with Crippen LogP contribution in [0.5, 0.6) is 0 Å². The molecule has 0 unspecified atom stereocenters. The summed E-state index contributed by atoms with van der Waals surface area (Å²) < 4.78 is 0. The van der Waals surface area contributed by atoms with Gasteiger partial charge in [0.2, 0.25) is 0 Å². The summed E-state index contributed by atoms with van der Waals surface area (Å²) in [4.78, 5) is 14.6. The lowest BCUT2D eigenvalue weighted by atomic mass is 10.1. The van der Waals surface area contributed by atoms with E-state index in [9.17, 15) is 4.79 Å². The molecule has 2 rings (SSSR count). The van der Waals surface area contributed by atoms with Crippen LogP contribution in [-0.4, -0.2) is 17.4 Å². The van der Waals surface area contributed by atoms with E-state index >= 15 is 0 Å². The molecule has 1 aromatic rings. The van der Waals surface area contributed by atoms with Crippen LogP contribution in [0.15, 0.2) is 41.6 Å². The highest BCUT2D eigenvalue weighted by atomic mass is 16.2. The maximum atomic E-state index is 12.6. The number of amides is 1. The second-order valence-corrected chi connectivity index (χ2v) is 5.12. The maximum Gasteiger partial charge on any atom is 0.258 e. The molecule has 102 valence electrons. The van der Waals surface area contributed by atoms with Crippen LogP contribution in [0.4, 0.5) is 0 Å². The zero-order valence-electron chi connectivity index (χ0n) is 12.0. The molecule has 1 aromatic carbocycles. The number of benzene rings is 1. The highest BCUT2D eigenvalue weighted by Gasteiger charge is 2.26. The van der Waals surface area contributed by atoms with Gasteiger partial charge in [-0.25, -0.2) is 0 Å². The molecule has 0 N–H and O–H groups in total. The van der Waals surface area contributed by atoms with E-state index in [4.69, 9.17) is 0 Å². The largest absolute Gasteiger partial charge is 0.312 e. The van der Waals surface area contributed by atoms with Crippen LogP contribution in [0.25, 0.3) is 0 Å². The smallest absolute Gasteiger partial charge is 0.258 e. The van der Waals surface area contributed by atoms with Gasteiger partial charge in [0.15, 0.2) is 0 Å². The fourth-order valence-corrected chi connectivity index (χ4v) is 2.80. The Hall–Kier alpha value is -1.57. The van der Waals surface area contributed by atoms with Gasteiger partial charge in [0.05, 0.1) is 0 Å². The second-order valence-electron chi connectivity index (χ2n) is 5.12. The molecule has 2 heteroatoms. The van der Waals surface area contributed by atoms with Gasteiger partial charge in [-0.2, -0.15) is 0 Å². The third-order valence-corrected chi connectivity index (χ3v) is 3.68. The van der Waals surface area contributed by atoms with E-state index in [1.54, 1.807) is 0 Å². The molecule has 0 aromatic heterocycles. The van der Waals surface area contributed by atoms with Crippen molar-refractivity contribution in [1.29, 1.82) is 0 Å². The van der Waals surface area contributed by atoms with E-state index in [1.165, 1.54) is 11.3 Å². The van der Waals surface area contributed by atoms with E-state index < -0.39 is 0 Å². The Labute approximate surface area is 116 Å². The van der Waals surface area contributed by atoms with Gasteiger partial charge in [-0.3, -0.25) is 4.79 Å². The third kappa shape index (κ3) is 3.06. The molecule has 1 aliphatic heterocycles. The first-order valence-electron chi connectivity index (χ1n) is 7.35. The molecule has 0 atom stereocenters. The first kappa shape index (κ1) is 13.9. The summed E-state index contributed by atoms with van der Waals surface area (Å²) >= 11 is 0. The molecule has 0 fully saturated rings. The van der Waals surface area contributed by atoms with Gasteiger partial charge >= 0.3 is 0 Å². The molecule has 0 saturated carbocycles. The van der Waals surface area contributed by atoms with E-state index in [-0.39, 0.29) is 5.91 Å². The third-order valence-electron chi connectivity index (χ3n) is 3.68. The van der Waals surface area contributed by atoms with Crippen molar-refractivity contribution in [2.45, 2.75) is 46.0 Å². The summed E-state index contributed by atoms with van der Waals surface area (Å²) in [7, 11) is 0. The van der Waals surface area contributed by atoms with Crippen molar-refractivity contribution >= 4 is 5.91 Å². The molecular weight excluding hydrogens is 234 g/mol. The second kappa shape index (κ2) is 6.55. The standard InChI is InChI=1S/C17H23NO/c1-3-8-14-12-13-18(16(14)9-4-2)17(19)15-10-6-5-7-11-15/h5-7,10-11H,3-4,8-9,12-13H2,1-2H3. The fraction of sp³-hybridized carbons (Fsp3) is 0.471. The maximum absolute atomic E-state index is 12.6. The predicted molar refractivity (Wildman–Crippen MR) is 78.9 cm³/mol. The molecule has 0 saturated heterocycles. The summed E-state index contributed by atoms with van der Waals surface area (Å²) in [6, 6.07) is 9.62. The van der Waals surface area contributed by atoms with Crippen molar-refractivity contribution in [3.8, 4) is 0 Å². The van der Waals surface area contributed by atoms with Crippen LogP contribution in [0.3, 0.4) is 0 Å².